The lowest BCUT2D eigenvalue weighted by Gasteiger charge is -2.39. The molecule has 3 rings (SSSR count). The predicted octanol–water partition coefficient (Wildman–Crippen LogP) is 2.01. The number of hydrogen-bond acceptors (Lipinski definition) is 4. The van der Waals surface area contributed by atoms with Crippen molar-refractivity contribution in [1.82, 2.24) is 14.9 Å². The molecule has 1 saturated heterocycles. The largest absolute Gasteiger partial charge is 0.476 e. The summed E-state index contributed by atoms with van der Waals surface area (Å²) in [4.78, 5) is 22.0. The lowest BCUT2D eigenvalue weighted by atomic mass is 9.99. The third-order valence-electron chi connectivity index (χ3n) is 4.13. The van der Waals surface area contributed by atoms with Crippen molar-refractivity contribution in [1.29, 1.82) is 0 Å². The zero-order chi connectivity index (χ0) is 14.3. The molecule has 0 spiro atoms. The summed E-state index contributed by atoms with van der Waals surface area (Å²) in [7, 11) is 0. The maximum absolute atomic E-state index is 12.1. The number of hydrogen-bond donors (Lipinski definition) is 0. The number of ether oxygens (including phenoxy) is 1. The lowest BCUT2D eigenvalue weighted by molar-refractivity contribution is -0.140. The Morgan fingerprint density at radius 1 is 1.50 bits per heavy atom. The van der Waals surface area contributed by atoms with Gasteiger partial charge in [-0.1, -0.05) is 25.4 Å². The number of carbonyl (C=O) groups excluding carboxylic acids is 1. The second-order valence-corrected chi connectivity index (χ2v) is 6.73. The molecule has 108 valence electrons. The molecule has 1 atom stereocenters. The first kappa shape index (κ1) is 13.6. The van der Waals surface area contributed by atoms with E-state index in [0.29, 0.717) is 29.5 Å². The maximum atomic E-state index is 12.1. The Labute approximate surface area is 123 Å². The fraction of sp³-hybridized carbons (Fsp3) is 0.643. The van der Waals surface area contributed by atoms with Crippen molar-refractivity contribution in [3.8, 4) is 5.88 Å². The van der Waals surface area contributed by atoms with E-state index < -0.39 is 0 Å². The van der Waals surface area contributed by atoms with Gasteiger partial charge >= 0.3 is 0 Å². The van der Waals surface area contributed by atoms with Crippen LogP contribution >= 0.6 is 11.6 Å². The Hall–Kier alpha value is -1.36. The highest BCUT2D eigenvalue weighted by Crippen LogP contribution is 2.52. The van der Waals surface area contributed by atoms with Crippen molar-refractivity contribution >= 4 is 17.5 Å². The van der Waals surface area contributed by atoms with Gasteiger partial charge in [-0.2, -0.15) is 4.98 Å². The fourth-order valence-electron chi connectivity index (χ4n) is 2.56. The molecule has 1 saturated carbocycles. The van der Waals surface area contributed by atoms with Gasteiger partial charge in [0.2, 0.25) is 11.8 Å². The molecule has 6 heteroatoms. The molecule has 0 bridgehead atoms. The lowest BCUT2D eigenvalue weighted by Crippen LogP contribution is -2.52. The highest BCUT2D eigenvalue weighted by Gasteiger charge is 2.53. The summed E-state index contributed by atoms with van der Waals surface area (Å²) in [6.45, 7) is 6.40. The molecule has 1 aromatic rings. The van der Waals surface area contributed by atoms with E-state index in [-0.39, 0.29) is 11.3 Å². The van der Waals surface area contributed by atoms with Crippen LogP contribution in [0.25, 0.3) is 0 Å². The molecule has 2 heterocycles. The summed E-state index contributed by atoms with van der Waals surface area (Å²) in [5.74, 6) is 1.34. The molecule has 1 aliphatic heterocycles. The van der Waals surface area contributed by atoms with Crippen molar-refractivity contribution in [2.24, 2.45) is 17.3 Å². The minimum atomic E-state index is 0.203. The first-order valence-electron chi connectivity index (χ1n) is 6.85. The number of amides is 1. The number of rotatable bonds is 4. The van der Waals surface area contributed by atoms with Crippen molar-refractivity contribution in [2.45, 2.75) is 20.3 Å². The van der Waals surface area contributed by atoms with Gasteiger partial charge < -0.3 is 9.64 Å². The molecule has 1 aliphatic carbocycles. The van der Waals surface area contributed by atoms with Gasteiger partial charge in [-0.05, 0) is 11.8 Å². The minimum Gasteiger partial charge on any atom is -0.476 e. The number of halogens is 1. The number of nitrogens with zero attached hydrogens (tertiary/aromatic N) is 3. The van der Waals surface area contributed by atoms with Crippen LogP contribution in [0.15, 0.2) is 12.4 Å². The zero-order valence-electron chi connectivity index (χ0n) is 11.7. The molecule has 0 aromatic carbocycles. The van der Waals surface area contributed by atoms with Gasteiger partial charge in [-0.25, -0.2) is 0 Å². The van der Waals surface area contributed by atoms with Crippen LogP contribution < -0.4 is 4.74 Å². The highest BCUT2D eigenvalue weighted by atomic mass is 35.5. The van der Waals surface area contributed by atoms with Gasteiger partial charge in [0.1, 0.15) is 0 Å². The SMILES string of the molecule is CC1(C)CC1C(=O)N1CC(COc2cncc(Cl)n2)C1. The molecule has 20 heavy (non-hydrogen) atoms. The quantitative estimate of drug-likeness (QED) is 0.853. The maximum Gasteiger partial charge on any atom is 0.233 e. The van der Waals surface area contributed by atoms with Crippen LogP contribution in [0.4, 0.5) is 0 Å². The van der Waals surface area contributed by atoms with Gasteiger partial charge in [0.25, 0.3) is 0 Å². The molecule has 1 aromatic heterocycles. The van der Waals surface area contributed by atoms with Gasteiger partial charge in [0, 0.05) is 24.9 Å². The van der Waals surface area contributed by atoms with Crippen LogP contribution in [-0.4, -0.2) is 40.5 Å². The monoisotopic (exact) mass is 295 g/mol. The summed E-state index contributed by atoms with van der Waals surface area (Å²) < 4.78 is 5.54. The molecule has 0 radical (unpaired) electrons. The van der Waals surface area contributed by atoms with Gasteiger partial charge in [0.15, 0.2) is 5.15 Å². The Balaban J connectivity index is 1.42. The molecule has 1 amide bonds. The van der Waals surface area contributed by atoms with Crippen molar-refractivity contribution < 1.29 is 9.53 Å². The third kappa shape index (κ3) is 2.73. The van der Waals surface area contributed by atoms with E-state index in [0.717, 1.165) is 19.5 Å². The van der Waals surface area contributed by atoms with E-state index in [9.17, 15) is 4.79 Å². The van der Waals surface area contributed by atoms with Crippen LogP contribution in [0.2, 0.25) is 5.15 Å². The molecular weight excluding hydrogens is 278 g/mol. The van der Waals surface area contributed by atoms with Gasteiger partial charge in [0.05, 0.1) is 19.0 Å². The molecule has 2 fully saturated rings. The average Bonchev–Trinajstić information content (AvgIpc) is 2.96. The number of carbonyl (C=O) groups is 1. The number of likely N-dealkylation sites (tertiary alicyclic amines) is 1. The van der Waals surface area contributed by atoms with Crippen LogP contribution in [0.1, 0.15) is 20.3 Å². The second-order valence-electron chi connectivity index (χ2n) is 6.35. The Bertz CT molecular complexity index is 529. The molecule has 1 unspecified atom stereocenters. The predicted molar refractivity (Wildman–Crippen MR) is 74.5 cm³/mol. The fourth-order valence-corrected chi connectivity index (χ4v) is 2.70. The molecule has 0 N–H and O–H groups in total. The zero-order valence-corrected chi connectivity index (χ0v) is 12.4. The van der Waals surface area contributed by atoms with E-state index in [4.69, 9.17) is 16.3 Å². The Morgan fingerprint density at radius 3 is 2.80 bits per heavy atom. The van der Waals surface area contributed by atoms with Gasteiger partial charge in [-0.3, -0.25) is 9.78 Å². The smallest absolute Gasteiger partial charge is 0.233 e. The number of aromatic nitrogens is 2. The molecular formula is C14H18ClN3O2. The minimum absolute atomic E-state index is 0.203. The Kier molecular flexibility index (Phi) is 3.32. The van der Waals surface area contributed by atoms with E-state index in [1.54, 1.807) is 6.20 Å². The van der Waals surface area contributed by atoms with Crippen molar-refractivity contribution in [3.05, 3.63) is 17.5 Å². The standard InChI is InChI=1S/C14H18ClN3O2/c1-14(2)3-10(14)13(19)18-6-9(7-18)8-20-12-5-16-4-11(15)17-12/h4-5,9-10H,3,6-8H2,1-2H3. The summed E-state index contributed by atoms with van der Waals surface area (Å²) >= 11 is 5.73. The van der Waals surface area contributed by atoms with E-state index >= 15 is 0 Å². The van der Waals surface area contributed by atoms with E-state index in [1.165, 1.54) is 6.20 Å². The summed E-state index contributed by atoms with van der Waals surface area (Å²) in [5, 5.41) is 0.323. The summed E-state index contributed by atoms with van der Waals surface area (Å²) in [6.07, 6.45) is 4.03. The topological polar surface area (TPSA) is 55.3 Å². The van der Waals surface area contributed by atoms with Crippen LogP contribution in [0.5, 0.6) is 5.88 Å². The second kappa shape index (κ2) is 4.88. The van der Waals surface area contributed by atoms with Crippen LogP contribution in [0.3, 0.4) is 0 Å². The van der Waals surface area contributed by atoms with Crippen molar-refractivity contribution in [2.75, 3.05) is 19.7 Å². The normalized spacial score (nSPS) is 24.1. The van der Waals surface area contributed by atoms with Crippen LogP contribution in [-0.2, 0) is 4.79 Å². The van der Waals surface area contributed by atoms with Crippen molar-refractivity contribution in [3.63, 3.8) is 0 Å². The molecule has 5 nitrogen and oxygen atoms in total. The van der Waals surface area contributed by atoms with E-state index in [2.05, 4.69) is 23.8 Å². The van der Waals surface area contributed by atoms with Crippen LogP contribution in [0, 0.1) is 17.3 Å². The third-order valence-corrected chi connectivity index (χ3v) is 4.31. The first-order chi connectivity index (χ1) is 9.45. The van der Waals surface area contributed by atoms with E-state index in [1.807, 2.05) is 4.90 Å². The molecule has 2 aliphatic rings. The Morgan fingerprint density at radius 2 is 2.20 bits per heavy atom. The summed E-state index contributed by atoms with van der Waals surface area (Å²) in [6, 6.07) is 0. The summed E-state index contributed by atoms with van der Waals surface area (Å²) in [5.41, 5.74) is 0.203. The van der Waals surface area contributed by atoms with Gasteiger partial charge in [-0.15, -0.1) is 0 Å². The highest BCUT2D eigenvalue weighted by molar-refractivity contribution is 6.29. The first-order valence-corrected chi connectivity index (χ1v) is 7.22. The average molecular weight is 296 g/mol.